The summed E-state index contributed by atoms with van der Waals surface area (Å²) in [6, 6.07) is 36.5. The second-order valence-corrected chi connectivity index (χ2v) is 9.41. The maximum absolute atomic E-state index is 9.31. The number of phenolic OH excluding ortho intramolecular Hbond substituents is 4. The van der Waals surface area contributed by atoms with Crippen LogP contribution in [-0.2, 0) is 25.8 Å². The first kappa shape index (κ1) is 32.5. The predicted molar refractivity (Wildman–Crippen MR) is 174 cm³/mol. The third kappa shape index (κ3) is 8.37. The number of hydrogen-bond donors (Lipinski definition) is 4. The van der Waals surface area contributed by atoms with E-state index in [0.717, 1.165) is 21.5 Å². The number of para-hydroxylation sites is 4. The van der Waals surface area contributed by atoms with Crippen LogP contribution in [0.1, 0.15) is 0 Å². The quantitative estimate of drug-likeness (QED) is 0.116. The number of benzene rings is 4. The molecule has 8 rings (SSSR count). The van der Waals surface area contributed by atoms with Gasteiger partial charge < -0.3 is 20.4 Å². The zero-order valence-electron chi connectivity index (χ0n) is 23.9. The van der Waals surface area contributed by atoms with Gasteiger partial charge in [-0.3, -0.25) is 19.9 Å². The first-order valence-corrected chi connectivity index (χ1v) is 13.6. The van der Waals surface area contributed by atoms with Gasteiger partial charge in [0.2, 0.25) is 0 Å². The Morgan fingerprint density at radius 3 is 0.689 bits per heavy atom. The number of aromatic nitrogens is 4. The van der Waals surface area contributed by atoms with Gasteiger partial charge in [-0.25, -0.2) is 0 Å². The summed E-state index contributed by atoms with van der Waals surface area (Å²) in [5, 5.41) is 41.1. The summed E-state index contributed by atoms with van der Waals surface area (Å²) in [6.07, 6.45) is 6.67. The Morgan fingerprint density at radius 1 is 0.289 bits per heavy atom. The molecular formula is C36H28HfN4O4. The SMILES string of the molecule is Oc1cccc2cccnc12.Oc1cccc2cccnc12.Oc1cccc2cccnc12.Oc1cccc2cccnc12.[Hf]. The first-order chi connectivity index (χ1) is 21.5. The topological polar surface area (TPSA) is 132 Å². The number of pyridine rings is 4. The molecule has 0 amide bonds. The summed E-state index contributed by atoms with van der Waals surface area (Å²) in [7, 11) is 0. The van der Waals surface area contributed by atoms with Gasteiger partial charge >= 0.3 is 0 Å². The Hall–Kier alpha value is -5.41. The fourth-order valence-corrected chi connectivity index (χ4v) is 4.35. The van der Waals surface area contributed by atoms with Crippen LogP contribution in [0.25, 0.3) is 43.6 Å². The monoisotopic (exact) mass is 760 g/mol. The summed E-state index contributed by atoms with van der Waals surface area (Å²) >= 11 is 0. The second kappa shape index (κ2) is 15.9. The Labute approximate surface area is 277 Å². The smallest absolute Gasteiger partial charge is 0.141 e. The van der Waals surface area contributed by atoms with Crippen molar-refractivity contribution < 1.29 is 46.3 Å². The zero-order valence-corrected chi connectivity index (χ0v) is 27.5. The van der Waals surface area contributed by atoms with Crippen LogP contribution >= 0.6 is 0 Å². The average molecular weight is 759 g/mol. The standard InChI is InChI=1S/4C9H7NO.Hf/c4*11-8-5-1-3-7-4-2-6-10-9(7)8;/h4*1-6,11H;. The van der Waals surface area contributed by atoms with Crippen LogP contribution in [0.2, 0.25) is 0 Å². The molecule has 8 nitrogen and oxygen atoms in total. The van der Waals surface area contributed by atoms with Gasteiger partial charge in [0.05, 0.1) is 0 Å². The third-order valence-electron chi connectivity index (χ3n) is 6.45. The molecule has 0 radical (unpaired) electrons. The van der Waals surface area contributed by atoms with Crippen molar-refractivity contribution in [2.75, 3.05) is 0 Å². The van der Waals surface area contributed by atoms with Crippen molar-refractivity contribution in [1.29, 1.82) is 0 Å². The zero-order chi connectivity index (χ0) is 30.7. The Balaban J connectivity index is 0.000000136. The maximum Gasteiger partial charge on any atom is 0.141 e. The molecular weight excluding hydrogens is 731 g/mol. The first-order valence-electron chi connectivity index (χ1n) is 13.6. The number of aromatic hydroxyl groups is 4. The van der Waals surface area contributed by atoms with Gasteiger partial charge in [0.15, 0.2) is 0 Å². The molecule has 0 aliphatic rings. The molecule has 8 aromatic rings. The van der Waals surface area contributed by atoms with Crippen molar-refractivity contribution in [3.05, 3.63) is 146 Å². The number of hydrogen-bond acceptors (Lipinski definition) is 8. The molecule has 0 aliphatic carbocycles. The molecule has 0 spiro atoms. The molecule has 4 aromatic carbocycles. The normalized spacial score (nSPS) is 9.96. The molecule has 0 atom stereocenters. The number of phenols is 4. The molecule has 4 heterocycles. The van der Waals surface area contributed by atoms with Crippen LogP contribution in [0.15, 0.2) is 146 Å². The van der Waals surface area contributed by atoms with E-state index in [1.54, 1.807) is 73.3 Å². The molecule has 220 valence electrons. The van der Waals surface area contributed by atoms with Crippen LogP contribution < -0.4 is 0 Å². The van der Waals surface area contributed by atoms with Gasteiger partial charge in [0, 0.05) is 72.2 Å². The van der Waals surface area contributed by atoms with E-state index >= 15 is 0 Å². The largest absolute Gasteiger partial charge is 0.506 e. The average Bonchev–Trinajstić information content (AvgIpc) is 3.07. The van der Waals surface area contributed by atoms with Gasteiger partial charge in [0.1, 0.15) is 45.1 Å². The molecule has 45 heavy (non-hydrogen) atoms. The molecule has 0 aliphatic heterocycles. The van der Waals surface area contributed by atoms with Crippen molar-refractivity contribution in [2.45, 2.75) is 0 Å². The number of rotatable bonds is 0. The van der Waals surface area contributed by atoms with Crippen molar-refractivity contribution >= 4 is 43.6 Å². The van der Waals surface area contributed by atoms with Gasteiger partial charge in [-0.2, -0.15) is 0 Å². The van der Waals surface area contributed by atoms with E-state index < -0.39 is 0 Å². The van der Waals surface area contributed by atoms with Gasteiger partial charge in [-0.05, 0) is 48.5 Å². The summed E-state index contributed by atoms with van der Waals surface area (Å²) in [6.45, 7) is 0. The van der Waals surface area contributed by atoms with E-state index in [9.17, 15) is 20.4 Å². The van der Waals surface area contributed by atoms with Crippen LogP contribution in [0, 0.1) is 0 Å². The van der Waals surface area contributed by atoms with Crippen molar-refractivity contribution in [3.63, 3.8) is 0 Å². The Morgan fingerprint density at radius 2 is 0.489 bits per heavy atom. The molecule has 0 fully saturated rings. The molecule has 4 N–H and O–H groups in total. The van der Waals surface area contributed by atoms with Gasteiger partial charge in [-0.1, -0.05) is 72.8 Å². The van der Waals surface area contributed by atoms with Crippen LogP contribution in [0.5, 0.6) is 23.0 Å². The summed E-state index contributed by atoms with van der Waals surface area (Å²) < 4.78 is 0. The Kier molecular flexibility index (Phi) is 11.5. The molecule has 4 aromatic heterocycles. The molecule has 0 bridgehead atoms. The minimum absolute atomic E-state index is 0. The molecule has 0 saturated heterocycles. The number of nitrogens with zero attached hydrogens (tertiary/aromatic N) is 4. The van der Waals surface area contributed by atoms with E-state index in [4.69, 9.17) is 0 Å². The van der Waals surface area contributed by atoms with Crippen molar-refractivity contribution in [3.8, 4) is 23.0 Å². The fraction of sp³-hybridized carbons (Fsp3) is 0. The van der Waals surface area contributed by atoms with E-state index in [1.807, 2.05) is 72.8 Å². The second-order valence-electron chi connectivity index (χ2n) is 9.41. The predicted octanol–water partition coefficient (Wildman–Crippen LogP) is 7.76. The van der Waals surface area contributed by atoms with E-state index in [2.05, 4.69) is 19.9 Å². The molecule has 9 heteroatoms. The van der Waals surface area contributed by atoms with E-state index in [0.29, 0.717) is 22.1 Å². The van der Waals surface area contributed by atoms with Crippen molar-refractivity contribution in [2.24, 2.45) is 0 Å². The summed E-state index contributed by atoms with van der Waals surface area (Å²) in [5.74, 6) is 0.956. The minimum Gasteiger partial charge on any atom is -0.506 e. The van der Waals surface area contributed by atoms with Crippen LogP contribution in [0.3, 0.4) is 0 Å². The number of fused-ring (bicyclic) bond motifs is 4. The molecule has 0 unspecified atom stereocenters. The summed E-state index contributed by atoms with van der Waals surface area (Å²) in [5.41, 5.74) is 2.65. The van der Waals surface area contributed by atoms with Gasteiger partial charge in [0.25, 0.3) is 0 Å². The van der Waals surface area contributed by atoms with Crippen LogP contribution in [0.4, 0.5) is 0 Å². The fourth-order valence-electron chi connectivity index (χ4n) is 4.35. The third-order valence-corrected chi connectivity index (χ3v) is 6.45. The maximum atomic E-state index is 9.31. The van der Waals surface area contributed by atoms with Crippen LogP contribution in [-0.4, -0.2) is 40.4 Å². The van der Waals surface area contributed by atoms with E-state index in [1.165, 1.54) is 0 Å². The molecule has 0 saturated carbocycles. The minimum atomic E-state index is 0. The van der Waals surface area contributed by atoms with Gasteiger partial charge in [-0.15, -0.1) is 0 Å². The Bertz CT molecular complexity index is 1830. The van der Waals surface area contributed by atoms with E-state index in [-0.39, 0.29) is 48.8 Å². The van der Waals surface area contributed by atoms with Crippen molar-refractivity contribution in [1.82, 2.24) is 19.9 Å². The summed E-state index contributed by atoms with van der Waals surface area (Å²) in [4.78, 5) is 16.1.